The van der Waals surface area contributed by atoms with Crippen molar-refractivity contribution in [3.05, 3.63) is 90.0 Å². The maximum atomic E-state index is 12.2. The lowest BCUT2D eigenvalue weighted by Gasteiger charge is -2.08. The van der Waals surface area contributed by atoms with Crippen LogP contribution in [0.5, 0.6) is 0 Å². The summed E-state index contributed by atoms with van der Waals surface area (Å²) in [6.45, 7) is 2.15. The van der Waals surface area contributed by atoms with Crippen LogP contribution in [0.1, 0.15) is 22.8 Å². The van der Waals surface area contributed by atoms with E-state index in [0.717, 1.165) is 16.7 Å². The fourth-order valence-corrected chi connectivity index (χ4v) is 3.74. The van der Waals surface area contributed by atoms with E-state index in [1.165, 1.54) is 24.3 Å². The summed E-state index contributed by atoms with van der Waals surface area (Å²) in [5.74, 6) is -0.500. The van der Waals surface area contributed by atoms with Gasteiger partial charge >= 0.3 is 5.97 Å². The third kappa shape index (κ3) is 4.85. The van der Waals surface area contributed by atoms with Gasteiger partial charge in [0.05, 0.1) is 10.5 Å². The van der Waals surface area contributed by atoms with Gasteiger partial charge in [-0.15, -0.1) is 0 Å². The number of nitrogens with one attached hydrogen (secondary N) is 1. The van der Waals surface area contributed by atoms with Crippen LogP contribution < -0.4 is 4.72 Å². The molecule has 1 N–H and O–H groups in total. The van der Waals surface area contributed by atoms with Crippen molar-refractivity contribution >= 4 is 16.0 Å². The standard InChI is InChI=1S/C22H21NO4S/c1-2-23-28(25,26)21-14-12-20(13-15-21)22(24)27-16-17-8-10-19(11-9-17)18-6-4-3-5-7-18/h3-15,23H,2,16H2,1H3. The molecule has 0 saturated heterocycles. The Hall–Kier alpha value is -2.96. The summed E-state index contributed by atoms with van der Waals surface area (Å²) >= 11 is 0. The van der Waals surface area contributed by atoms with Crippen molar-refractivity contribution in [3.63, 3.8) is 0 Å². The van der Waals surface area contributed by atoms with Gasteiger partial charge in [0.1, 0.15) is 6.61 Å². The normalized spacial score (nSPS) is 11.2. The van der Waals surface area contributed by atoms with E-state index < -0.39 is 16.0 Å². The summed E-state index contributed by atoms with van der Waals surface area (Å²) in [6.07, 6.45) is 0. The van der Waals surface area contributed by atoms with Crippen LogP contribution >= 0.6 is 0 Å². The number of carbonyl (C=O) groups is 1. The second-order valence-electron chi connectivity index (χ2n) is 6.16. The van der Waals surface area contributed by atoms with E-state index in [1.807, 2.05) is 54.6 Å². The number of ether oxygens (including phenoxy) is 1. The van der Waals surface area contributed by atoms with Gasteiger partial charge in [-0.2, -0.15) is 0 Å². The zero-order valence-electron chi connectivity index (χ0n) is 15.5. The highest BCUT2D eigenvalue weighted by molar-refractivity contribution is 7.89. The molecule has 0 amide bonds. The van der Waals surface area contributed by atoms with Crippen molar-refractivity contribution in [1.82, 2.24) is 4.72 Å². The topological polar surface area (TPSA) is 72.5 Å². The molecule has 0 saturated carbocycles. The summed E-state index contributed by atoms with van der Waals surface area (Å²) in [5, 5.41) is 0. The fourth-order valence-electron chi connectivity index (χ4n) is 2.70. The van der Waals surface area contributed by atoms with Crippen molar-refractivity contribution in [2.75, 3.05) is 6.54 Å². The summed E-state index contributed by atoms with van der Waals surface area (Å²) < 4.78 is 31.6. The Bertz CT molecular complexity index is 1030. The van der Waals surface area contributed by atoms with Crippen LogP contribution in [0.15, 0.2) is 83.8 Å². The monoisotopic (exact) mass is 395 g/mol. The largest absolute Gasteiger partial charge is 0.457 e. The first kappa shape index (κ1) is 19.8. The van der Waals surface area contributed by atoms with Crippen LogP contribution in [-0.4, -0.2) is 20.9 Å². The van der Waals surface area contributed by atoms with Crippen LogP contribution in [0.25, 0.3) is 11.1 Å². The maximum Gasteiger partial charge on any atom is 0.338 e. The molecule has 0 aliphatic carbocycles. The summed E-state index contributed by atoms with van der Waals surface area (Å²) in [7, 11) is -3.54. The van der Waals surface area contributed by atoms with E-state index in [4.69, 9.17) is 4.74 Å². The van der Waals surface area contributed by atoms with Gasteiger partial charge in [0.2, 0.25) is 10.0 Å². The smallest absolute Gasteiger partial charge is 0.338 e. The van der Waals surface area contributed by atoms with Crippen molar-refractivity contribution < 1.29 is 17.9 Å². The predicted molar refractivity (Wildman–Crippen MR) is 108 cm³/mol. The maximum absolute atomic E-state index is 12.2. The predicted octanol–water partition coefficient (Wildman–Crippen LogP) is 4.01. The van der Waals surface area contributed by atoms with Gasteiger partial charge < -0.3 is 4.74 Å². The highest BCUT2D eigenvalue weighted by atomic mass is 32.2. The van der Waals surface area contributed by atoms with E-state index in [0.29, 0.717) is 12.1 Å². The summed E-state index contributed by atoms with van der Waals surface area (Å²) in [6, 6.07) is 23.5. The number of hydrogen-bond acceptors (Lipinski definition) is 4. The molecule has 0 fully saturated rings. The van der Waals surface area contributed by atoms with Crippen molar-refractivity contribution in [2.24, 2.45) is 0 Å². The van der Waals surface area contributed by atoms with Gasteiger partial charge in [0.15, 0.2) is 0 Å². The minimum absolute atomic E-state index is 0.113. The van der Waals surface area contributed by atoms with E-state index >= 15 is 0 Å². The number of hydrogen-bond donors (Lipinski definition) is 1. The minimum Gasteiger partial charge on any atom is -0.457 e. The lowest BCUT2D eigenvalue weighted by Crippen LogP contribution is -2.23. The van der Waals surface area contributed by atoms with Crippen LogP contribution in [-0.2, 0) is 21.4 Å². The molecule has 28 heavy (non-hydrogen) atoms. The van der Waals surface area contributed by atoms with E-state index in [9.17, 15) is 13.2 Å². The molecule has 0 unspecified atom stereocenters. The molecule has 3 aromatic rings. The van der Waals surface area contributed by atoms with Gasteiger partial charge in [-0.3, -0.25) is 0 Å². The Balaban J connectivity index is 1.61. The van der Waals surface area contributed by atoms with Gasteiger partial charge in [0.25, 0.3) is 0 Å². The minimum atomic E-state index is -3.54. The van der Waals surface area contributed by atoms with Gasteiger partial charge in [-0.25, -0.2) is 17.9 Å². The molecule has 0 radical (unpaired) electrons. The van der Waals surface area contributed by atoms with Gasteiger partial charge in [0, 0.05) is 6.54 Å². The molecule has 0 bridgehead atoms. The molecule has 3 rings (SSSR count). The number of rotatable bonds is 7. The zero-order chi connectivity index (χ0) is 20.0. The molecule has 144 valence electrons. The molecular formula is C22H21NO4S. The Morgan fingerprint density at radius 3 is 2.07 bits per heavy atom. The third-order valence-electron chi connectivity index (χ3n) is 4.17. The summed E-state index contributed by atoms with van der Waals surface area (Å²) in [5.41, 5.74) is 3.39. The Morgan fingerprint density at radius 1 is 0.857 bits per heavy atom. The lowest BCUT2D eigenvalue weighted by molar-refractivity contribution is 0.0472. The fraction of sp³-hybridized carbons (Fsp3) is 0.136. The Morgan fingerprint density at radius 2 is 1.46 bits per heavy atom. The number of sulfonamides is 1. The highest BCUT2D eigenvalue weighted by Crippen LogP contribution is 2.20. The number of benzene rings is 3. The van der Waals surface area contributed by atoms with Crippen LogP contribution in [0.3, 0.4) is 0 Å². The van der Waals surface area contributed by atoms with E-state index in [1.54, 1.807) is 6.92 Å². The number of esters is 1. The number of carbonyl (C=O) groups excluding carboxylic acids is 1. The molecule has 0 aromatic heterocycles. The molecule has 5 nitrogen and oxygen atoms in total. The Kier molecular flexibility index (Phi) is 6.23. The molecule has 3 aromatic carbocycles. The van der Waals surface area contributed by atoms with Crippen LogP contribution in [0, 0.1) is 0 Å². The molecule has 0 spiro atoms. The SMILES string of the molecule is CCNS(=O)(=O)c1ccc(C(=O)OCc2ccc(-c3ccccc3)cc2)cc1. The molecule has 0 aliphatic heterocycles. The van der Waals surface area contributed by atoms with Crippen molar-refractivity contribution in [2.45, 2.75) is 18.4 Å². The van der Waals surface area contributed by atoms with Crippen LogP contribution in [0.4, 0.5) is 0 Å². The quantitative estimate of drug-likeness (QED) is 0.614. The molecule has 0 aliphatic rings. The molecular weight excluding hydrogens is 374 g/mol. The van der Waals surface area contributed by atoms with E-state index in [-0.39, 0.29) is 11.5 Å². The first-order valence-electron chi connectivity index (χ1n) is 8.91. The second-order valence-corrected chi connectivity index (χ2v) is 7.93. The third-order valence-corrected chi connectivity index (χ3v) is 5.73. The van der Waals surface area contributed by atoms with Crippen molar-refractivity contribution in [1.29, 1.82) is 0 Å². The zero-order valence-corrected chi connectivity index (χ0v) is 16.3. The molecule has 0 heterocycles. The highest BCUT2D eigenvalue weighted by Gasteiger charge is 2.14. The average molecular weight is 395 g/mol. The first-order valence-corrected chi connectivity index (χ1v) is 10.4. The van der Waals surface area contributed by atoms with Gasteiger partial charge in [-0.1, -0.05) is 61.5 Å². The molecule has 0 atom stereocenters. The lowest BCUT2D eigenvalue weighted by atomic mass is 10.0. The van der Waals surface area contributed by atoms with Crippen molar-refractivity contribution in [3.8, 4) is 11.1 Å². The summed E-state index contributed by atoms with van der Waals surface area (Å²) in [4.78, 5) is 12.3. The van der Waals surface area contributed by atoms with E-state index in [2.05, 4.69) is 4.72 Å². The molecule has 6 heteroatoms. The van der Waals surface area contributed by atoms with Gasteiger partial charge in [-0.05, 0) is 41.0 Å². The first-order chi connectivity index (χ1) is 13.5. The second kappa shape index (κ2) is 8.82. The Labute approximate surface area is 165 Å². The average Bonchev–Trinajstić information content (AvgIpc) is 2.73. The van der Waals surface area contributed by atoms with Crippen LogP contribution in [0.2, 0.25) is 0 Å².